The van der Waals surface area contributed by atoms with Gasteiger partial charge in [-0.2, -0.15) is 5.26 Å². The number of anilines is 1. The molecule has 0 radical (unpaired) electrons. The van der Waals surface area contributed by atoms with Crippen LogP contribution >= 0.6 is 0 Å². The number of nitrogens with one attached hydrogen (secondary N) is 2. The van der Waals surface area contributed by atoms with Gasteiger partial charge in [0.25, 0.3) is 0 Å². The molecule has 1 aromatic carbocycles. The van der Waals surface area contributed by atoms with Crippen LogP contribution in [0.3, 0.4) is 0 Å². The van der Waals surface area contributed by atoms with Gasteiger partial charge >= 0.3 is 0 Å². The molecule has 0 spiro atoms. The molecule has 2 rings (SSSR count). The molecule has 4 heteroatoms. The molecule has 1 fully saturated rings. The second kappa shape index (κ2) is 6.39. The fourth-order valence-corrected chi connectivity index (χ4v) is 2.23. The number of likely N-dealkylation sites (N-methyl/N-ethyl adjacent to an activating group) is 1. The number of hydrogen-bond acceptors (Lipinski definition) is 4. The van der Waals surface area contributed by atoms with Crippen LogP contribution in [-0.2, 0) is 0 Å². The van der Waals surface area contributed by atoms with Crippen LogP contribution in [0.5, 0.6) is 0 Å². The molecule has 2 N–H and O–H groups in total. The fraction of sp³-hybridized carbons (Fsp3) is 0.500. The van der Waals surface area contributed by atoms with Crippen molar-refractivity contribution in [1.29, 1.82) is 5.26 Å². The lowest BCUT2D eigenvalue weighted by Crippen LogP contribution is -2.49. The van der Waals surface area contributed by atoms with E-state index in [-0.39, 0.29) is 0 Å². The Kier molecular flexibility index (Phi) is 4.57. The van der Waals surface area contributed by atoms with Gasteiger partial charge in [-0.25, -0.2) is 0 Å². The van der Waals surface area contributed by atoms with E-state index in [1.807, 2.05) is 24.3 Å². The minimum absolute atomic E-state index is 0.615. The second-order valence-electron chi connectivity index (χ2n) is 4.74. The Morgan fingerprint density at radius 3 is 2.89 bits per heavy atom. The molecular formula is C14H20N4. The molecular weight excluding hydrogens is 224 g/mol. The molecule has 1 atom stereocenters. The van der Waals surface area contributed by atoms with Crippen LogP contribution in [-0.4, -0.2) is 44.2 Å². The standard InChI is InChI=1S/C14H20N4/c1-18-9-8-16-11-14(18)6-7-17-13-4-2-12(10-15)3-5-13/h2-5,14,16-17H,6-9,11H2,1H3. The molecule has 1 heterocycles. The maximum Gasteiger partial charge on any atom is 0.0991 e. The maximum absolute atomic E-state index is 8.72. The Bertz CT molecular complexity index is 407. The Morgan fingerprint density at radius 2 is 2.22 bits per heavy atom. The molecule has 1 aliphatic rings. The molecule has 0 amide bonds. The number of piperazine rings is 1. The highest BCUT2D eigenvalue weighted by molar-refractivity contribution is 5.47. The van der Waals surface area contributed by atoms with E-state index in [4.69, 9.17) is 5.26 Å². The first-order chi connectivity index (χ1) is 8.79. The lowest BCUT2D eigenvalue weighted by atomic mass is 10.1. The van der Waals surface area contributed by atoms with Gasteiger partial charge in [-0.15, -0.1) is 0 Å². The van der Waals surface area contributed by atoms with Gasteiger partial charge in [0.05, 0.1) is 11.6 Å². The SMILES string of the molecule is CN1CCNCC1CCNc1ccc(C#N)cc1. The van der Waals surface area contributed by atoms with Gasteiger partial charge in [0, 0.05) is 37.9 Å². The third-order valence-electron chi connectivity index (χ3n) is 3.47. The summed E-state index contributed by atoms with van der Waals surface area (Å²) in [4.78, 5) is 2.41. The zero-order chi connectivity index (χ0) is 12.8. The van der Waals surface area contributed by atoms with Crippen LogP contribution in [0.25, 0.3) is 0 Å². The number of hydrogen-bond donors (Lipinski definition) is 2. The van der Waals surface area contributed by atoms with Crippen molar-refractivity contribution in [1.82, 2.24) is 10.2 Å². The van der Waals surface area contributed by atoms with Gasteiger partial charge in [-0.3, -0.25) is 0 Å². The van der Waals surface area contributed by atoms with Crippen molar-refractivity contribution in [2.75, 3.05) is 38.5 Å². The van der Waals surface area contributed by atoms with Crippen LogP contribution in [0.4, 0.5) is 5.69 Å². The quantitative estimate of drug-likeness (QED) is 0.837. The van der Waals surface area contributed by atoms with Crippen molar-refractivity contribution in [2.45, 2.75) is 12.5 Å². The number of rotatable bonds is 4. The normalized spacial score (nSPS) is 20.3. The Labute approximate surface area is 109 Å². The average molecular weight is 244 g/mol. The van der Waals surface area contributed by atoms with Crippen molar-refractivity contribution < 1.29 is 0 Å². The van der Waals surface area contributed by atoms with E-state index in [0.29, 0.717) is 11.6 Å². The molecule has 0 aliphatic carbocycles. The summed E-state index contributed by atoms with van der Waals surface area (Å²) in [6.07, 6.45) is 1.13. The van der Waals surface area contributed by atoms with E-state index >= 15 is 0 Å². The smallest absolute Gasteiger partial charge is 0.0991 e. The summed E-state index contributed by atoms with van der Waals surface area (Å²) in [7, 11) is 2.19. The number of benzene rings is 1. The largest absolute Gasteiger partial charge is 0.385 e. The van der Waals surface area contributed by atoms with E-state index in [9.17, 15) is 0 Å². The number of nitriles is 1. The van der Waals surface area contributed by atoms with Gasteiger partial charge in [0.1, 0.15) is 0 Å². The zero-order valence-corrected chi connectivity index (χ0v) is 10.8. The first-order valence-electron chi connectivity index (χ1n) is 6.44. The van der Waals surface area contributed by atoms with Gasteiger partial charge < -0.3 is 15.5 Å². The highest BCUT2D eigenvalue weighted by Crippen LogP contribution is 2.10. The molecule has 4 nitrogen and oxygen atoms in total. The Hall–Kier alpha value is -1.57. The van der Waals surface area contributed by atoms with E-state index < -0.39 is 0 Å². The summed E-state index contributed by atoms with van der Waals surface area (Å²) in [5, 5.41) is 15.5. The van der Waals surface area contributed by atoms with E-state index in [1.165, 1.54) is 0 Å². The van der Waals surface area contributed by atoms with E-state index in [1.54, 1.807) is 0 Å². The zero-order valence-electron chi connectivity index (χ0n) is 10.8. The molecule has 0 saturated carbocycles. The first-order valence-corrected chi connectivity index (χ1v) is 6.44. The van der Waals surface area contributed by atoms with Crippen LogP contribution in [0, 0.1) is 11.3 Å². The monoisotopic (exact) mass is 244 g/mol. The molecule has 1 saturated heterocycles. The van der Waals surface area contributed by atoms with Crippen LogP contribution < -0.4 is 10.6 Å². The van der Waals surface area contributed by atoms with Crippen molar-refractivity contribution in [3.05, 3.63) is 29.8 Å². The van der Waals surface area contributed by atoms with Gasteiger partial charge in [-0.1, -0.05) is 0 Å². The van der Waals surface area contributed by atoms with Crippen molar-refractivity contribution in [3.8, 4) is 6.07 Å². The fourth-order valence-electron chi connectivity index (χ4n) is 2.23. The molecule has 0 bridgehead atoms. The molecule has 96 valence electrons. The van der Waals surface area contributed by atoms with Gasteiger partial charge in [0.2, 0.25) is 0 Å². The Balaban J connectivity index is 1.75. The minimum Gasteiger partial charge on any atom is -0.385 e. The second-order valence-corrected chi connectivity index (χ2v) is 4.74. The third-order valence-corrected chi connectivity index (χ3v) is 3.47. The summed E-state index contributed by atoms with van der Waals surface area (Å²) >= 11 is 0. The van der Waals surface area contributed by atoms with Gasteiger partial charge in [-0.05, 0) is 37.7 Å². The Morgan fingerprint density at radius 1 is 1.44 bits per heavy atom. The summed E-state index contributed by atoms with van der Waals surface area (Å²) in [5.41, 5.74) is 1.79. The van der Waals surface area contributed by atoms with E-state index in [2.05, 4.69) is 28.7 Å². The molecule has 1 aliphatic heterocycles. The van der Waals surface area contributed by atoms with Crippen molar-refractivity contribution >= 4 is 5.69 Å². The van der Waals surface area contributed by atoms with E-state index in [0.717, 1.165) is 38.3 Å². The van der Waals surface area contributed by atoms with Crippen LogP contribution in [0.15, 0.2) is 24.3 Å². The topological polar surface area (TPSA) is 51.1 Å². The molecule has 1 aromatic rings. The average Bonchev–Trinajstić information content (AvgIpc) is 2.42. The predicted octanol–water partition coefficient (Wildman–Crippen LogP) is 1.26. The first kappa shape index (κ1) is 12.9. The summed E-state index contributed by atoms with van der Waals surface area (Å²) in [6.45, 7) is 4.26. The summed E-state index contributed by atoms with van der Waals surface area (Å²) in [5.74, 6) is 0. The van der Waals surface area contributed by atoms with Crippen molar-refractivity contribution in [2.24, 2.45) is 0 Å². The predicted molar refractivity (Wildman–Crippen MR) is 73.6 cm³/mol. The van der Waals surface area contributed by atoms with Crippen LogP contribution in [0.2, 0.25) is 0 Å². The summed E-state index contributed by atoms with van der Waals surface area (Å²) < 4.78 is 0. The summed E-state index contributed by atoms with van der Waals surface area (Å²) in [6, 6.07) is 10.3. The lowest BCUT2D eigenvalue weighted by molar-refractivity contribution is 0.194. The number of nitrogens with zero attached hydrogens (tertiary/aromatic N) is 2. The van der Waals surface area contributed by atoms with Crippen LogP contribution in [0.1, 0.15) is 12.0 Å². The lowest BCUT2D eigenvalue weighted by Gasteiger charge is -2.33. The minimum atomic E-state index is 0.615. The third kappa shape index (κ3) is 3.46. The maximum atomic E-state index is 8.72. The van der Waals surface area contributed by atoms with Crippen molar-refractivity contribution in [3.63, 3.8) is 0 Å². The molecule has 0 aromatic heterocycles. The molecule has 18 heavy (non-hydrogen) atoms. The highest BCUT2D eigenvalue weighted by Gasteiger charge is 2.17. The highest BCUT2D eigenvalue weighted by atomic mass is 15.2. The molecule has 1 unspecified atom stereocenters. The van der Waals surface area contributed by atoms with Gasteiger partial charge in [0.15, 0.2) is 0 Å².